The molecule has 2 aromatic carbocycles. The minimum Gasteiger partial charge on any atom is -0.381 e. The Hall–Kier alpha value is -1.64. The average Bonchev–Trinajstić information content (AvgIpc) is 2.54. The monoisotopic (exact) mass is 408 g/mol. The Kier molecular flexibility index (Phi) is 5.97. The van der Waals surface area contributed by atoms with E-state index in [1.807, 2.05) is 42.5 Å². The van der Waals surface area contributed by atoms with Gasteiger partial charge in [0.15, 0.2) is 0 Å². The topological polar surface area (TPSA) is 71.7 Å². The Morgan fingerprint density at radius 3 is 2.81 bits per heavy atom. The number of hydrogen-bond acceptors (Lipinski definition) is 4. The molecular formula is C15H14IN4P. The summed E-state index contributed by atoms with van der Waals surface area (Å²) in [5, 5.41) is 23.1. The molecule has 2 rings (SSSR count). The maximum Gasteiger partial charge on any atom is 0.0995 e. The third-order valence-corrected chi connectivity index (χ3v) is 4.18. The zero-order chi connectivity index (χ0) is 15.1. The lowest BCUT2D eigenvalue weighted by Crippen LogP contribution is -2.02. The van der Waals surface area contributed by atoms with E-state index < -0.39 is 0 Å². The molecule has 0 aromatic heterocycles. The van der Waals surface area contributed by atoms with E-state index in [9.17, 15) is 0 Å². The van der Waals surface area contributed by atoms with Crippen LogP contribution >= 0.6 is 28.4 Å². The summed E-state index contributed by atoms with van der Waals surface area (Å²) >= 11 is 2.26. The predicted molar refractivity (Wildman–Crippen MR) is 98.8 cm³/mol. The van der Waals surface area contributed by atoms with E-state index >= 15 is 0 Å². The SMILES string of the molecule is N#Cc1ccccc1CNc1ccc(NPI)c(C=N)c1. The minimum absolute atomic E-state index is 0.568. The quantitative estimate of drug-likeness (QED) is 0.374. The molecule has 4 nitrogen and oxygen atoms in total. The van der Waals surface area contributed by atoms with Crippen LogP contribution in [0.3, 0.4) is 0 Å². The lowest BCUT2D eigenvalue weighted by atomic mass is 10.1. The van der Waals surface area contributed by atoms with Gasteiger partial charge in [-0.15, -0.1) is 0 Å². The maximum absolute atomic E-state index is 9.08. The highest BCUT2D eigenvalue weighted by Gasteiger charge is 2.03. The van der Waals surface area contributed by atoms with Gasteiger partial charge in [-0.05, 0) is 51.9 Å². The molecule has 0 heterocycles. The van der Waals surface area contributed by atoms with Crippen molar-refractivity contribution in [2.45, 2.75) is 6.54 Å². The molecule has 106 valence electrons. The number of nitriles is 1. The molecule has 0 saturated carbocycles. The second-order valence-electron chi connectivity index (χ2n) is 4.29. The summed E-state index contributed by atoms with van der Waals surface area (Å²) in [6.07, 6.45) is 1.91. The molecule has 0 aliphatic carbocycles. The molecule has 0 aliphatic rings. The Morgan fingerprint density at radius 1 is 1.29 bits per heavy atom. The van der Waals surface area contributed by atoms with Crippen LogP contribution in [0.2, 0.25) is 0 Å². The molecule has 2 aromatic rings. The first kappa shape index (κ1) is 15.7. The van der Waals surface area contributed by atoms with Gasteiger partial charge in [0.25, 0.3) is 0 Å². The van der Waals surface area contributed by atoms with E-state index in [4.69, 9.17) is 10.7 Å². The summed E-state index contributed by atoms with van der Waals surface area (Å²) in [6, 6.07) is 15.6. The highest BCUT2D eigenvalue weighted by molar-refractivity contribution is 14.2. The van der Waals surface area contributed by atoms with Gasteiger partial charge in [0.2, 0.25) is 0 Å². The lowest BCUT2D eigenvalue weighted by Gasteiger charge is -2.11. The Bertz CT molecular complexity index is 682. The van der Waals surface area contributed by atoms with E-state index in [0.29, 0.717) is 18.5 Å². The van der Waals surface area contributed by atoms with Crippen LogP contribution in [0.1, 0.15) is 16.7 Å². The number of anilines is 2. The van der Waals surface area contributed by atoms with Crippen molar-refractivity contribution in [1.82, 2.24) is 0 Å². The summed E-state index contributed by atoms with van der Waals surface area (Å²) < 4.78 is 0. The third kappa shape index (κ3) is 4.16. The van der Waals surface area contributed by atoms with Crippen LogP contribution in [0.5, 0.6) is 0 Å². The zero-order valence-electron chi connectivity index (χ0n) is 11.2. The Morgan fingerprint density at radius 2 is 2.10 bits per heavy atom. The molecule has 0 amide bonds. The van der Waals surface area contributed by atoms with E-state index in [0.717, 1.165) is 22.5 Å². The predicted octanol–water partition coefficient (Wildman–Crippen LogP) is 4.52. The van der Waals surface area contributed by atoms with Crippen LogP contribution in [-0.4, -0.2) is 6.21 Å². The number of halogens is 1. The standard InChI is InChI=1S/C15H14IN4P/c16-21-20-15-6-5-14(7-13(15)9-18)19-10-12-4-2-1-3-11(12)8-17/h1-7,9,18-21H,10H2. The average molecular weight is 408 g/mol. The first-order valence-corrected chi connectivity index (χ1v) is 10.4. The van der Waals surface area contributed by atoms with Crippen molar-refractivity contribution in [1.29, 1.82) is 10.7 Å². The number of rotatable bonds is 6. The zero-order valence-corrected chi connectivity index (χ0v) is 14.3. The lowest BCUT2D eigenvalue weighted by molar-refractivity contribution is 1.14. The van der Waals surface area contributed by atoms with Gasteiger partial charge in [-0.1, -0.05) is 18.2 Å². The Labute approximate surface area is 138 Å². The van der Waals surface area contributed by atoms with Crippen LogP contribution < -0.4 is 10.4 Å². The molecule has 3 N–H and O–H groups in total. The third-order valence-electron chi connectivity index (χ3n) is 3.01. The maximum atomic E-state index is 9.08. The first-order valence-electron chi connectivity index (χ1n) is 6.26. The first-order chi connectivity index (χ1) is 10.3. The summed E-state index contributed by atoms with van der Waals surface area (Å²) in [5.41, 5.74) is 4.39. The molecule has 1 atom stereocenters. The van der Waals surface area contributed by atoms with Gasteiger partial charge in [0.1, 0.15) is 0 Å². The summed E-state index contributed by atoms with van der Waals surface area (Å²) in [6.45, 7) is 0.585. The number of hydrogen-bond donors (Lipinski definition) is 3. The van der Waals surface area contributed by atoms with Crippen molar-refractivity contribution < 1.29 is 0 Å². The van der Waals surface area contributed by atoms with Crippen LogP contribution in [0.15, 0.2) is 42.5 Å². The van der Waals surface area contributed by atoms with Crippen molar-refractivity contribution in [3.63, 3.8) is 0 Å². The van der Waals surface area contributed by atoms with E-state index in [1.54, 1.807) is 0 Å². The van der Waals surface area contributed by atoms with E-state index in [2.05, 4.69) is 38.5 Å². The van der Waals surface area contributed by atoms with Crippen molar-refractivity contribution >= 4 is 46.0 Å². The van der Waals surface area contributed by atoms with Crippen molar-refractivity contribution in [3.05, 3.63) is 59.2 Å². The highest BCUT2D eigenvalue weighted by atomic mass is 127. The van der Waals surface area contributed by atoms with Gasteiger partial charge in [0, 0.05) is 36.1 Å². The molecule has 0 saturated heterocycles. The summed E-state index contributed by atoms with van der Waals surface area (Å²) in [7, 11) is 0. The van der Waals surface area contributed by atoms with Gasteiger partial charge < -0.3 is 15.8 Å². The second-order valence-corrected chi connectivity index (χ2v) is 6.35. The molecule has 1 unspecified atom stereocenters. The molecule has 0 radical (unpaired) electrons. The molecule has 6 heteroatoms. The van der Waals surface area contributed by atoms with Crippen LogP contribution in [0, 0.1) is 16.7 Å². The number of benzene rings is 2. The molecule has 0 bridgehead atoms. The highest BCUT2D eigenvalue weighted by Crippen LogP contribution is 2.28. The van der Waals surface area contributed by atoms with Crippen LogP contribution in [-0.2, 0) is 6.54 Å². The fraction of sp³-hybridized carbons (Fsp3) is 0.0667. The van der Waals surface area contributed by atoms with E-state index in [1.165, 1.54) is 6.21 Å². The van der Waals surface area contributed by atoms with Crippen LogP contribution in [0.4, 0.5) is 11.4 Å². The molecule has 0 aliphatic heterocycles. The van der Waals surface area contributed by atoms with Gasteiger partial charge in [-0.2, -0.15) is 5.26 Å². The molecule has 0 spiro atoms. The van der Waals surface area contributed by atoms with Gasteiger partial charge in [-0.25, -0.2) is 0 Å². The van der Waals surface area contributed by atoms with E-state index in [-0.39, 0.29) is 0 Å². The smallest absolute Gasteiger partial charge is 0.0995 e. The molecule has 21 heavy (non-hydrogen) atoms. The van der Waals surface area contributed by atoms with Crippen molar-refractivity contribution in [2.24, 2.45) is 0 Å². The van der Waals surface area contributed by atoms with Gasteiger partial charge >= 0.3 is 0 Å². The van der Waals surface area contributed by atoms with Gasteiger partial charge in [0.05, 0.1) is 11.6 Å². The molecule has 0 fully saturated rings. The number of nitrogens with one attached hydrogen (secondary N) is 3. The fourth-order valence-electron chi connectivity index (χ4n) is 1.94. The largest absolute Gasteiger partial charge is 0.381 e. The second kappa shape index (κ2) is 7.96. The van der Waals surface area contributed by atoms with Crippen molar-refractivity contribution in [3.8, 4) is 6.07 Å². The normalized spacial score (nSPS) is 10.3. The molecular weight excluding hydrogens is 394 g/mol. The van der Waals surface area contributed by atoms with Gasteiger partial charge in [-0.3, -0.25) is 0 Å². The van der Waals surface area contributed by atoms with Crippen LogP contribution in [0.25, 0.3) is 0 Å². The number of nitrogens with zero attached hydrogens (tertiary/aromatic N) is 1. The van der Waals surface area contributed by atoms with Crippen molar-refractivity contribution in [2.75, 3.05) is 10.4 Å². The minimum atomic E-state index is 0.568. The Balaban J connectivity index is 2.13. The fourth-order valence-corrected chi connectivity index (χ4v) is 3.14. The summed E-state index contributed by atoms with van der Waals surface area (Å²) in [4.78, 5) is 0. The summed E-state index contributed by atoms with van der Waals surface area (Å²) in [5.74, 6) is 0.